The molecule has 0 aliphatic carbocycles. The molecule has 3 heteroatoms. The van der Waals surface area contributed by atoms with Crippen molar-refractivity contribution in [3.8, 4) is 0 Å². The van der Waals surface area contributed by atoms with Crippen LogP contribution >= 0.6 is 0 Å². The van der Waals surface area contributed by atoms with Crippen molar-refractivity contribution in [2.75, 3.05) is 11.4 Å². The lowest BCUT2D eigenvalue weighted by Crippen LogP contribution is -2.46. The summed E-state index contributed by atoms with van der Waals surface area (Å²) in [5, 5.41) is 0. The lowest BCUT2D eigenvalue weighted by Gasteiger charge is -2.33. The Kier molecular flexibility index (Phi) is 4.02. The summed E-state index contributed by atoms with van der Waals surface area (Å²) in [5.41, 5.74) is 8.49. The predicted molar refractivity (Wildman–Crippen MR) is 74.5 cm³/mol. The van der Waals surface area contributed by atoms with Crippen molar-refractivity contribution < 1.29 is 4.79 Å². The van der Waals surface area contributed by atoms with Crippen LogP contribution in [0.2, 0.25) is 0 Å². The van der Waals surface area contributed by atoms with Crippen LogP contribution in [0.5, 0.6) is 0 Å². The Morgan fingerprint density at radius 3 is 2.78 bits per heavy atom. The maximum Gasteiger partial charge on any atom is 0.227 e. The number of nitrogens with zero attached hydrogens (tertiary/aromatic N) is 1. The molecule has 0 spiro atoms. The summed E-state index contributed by atoms with van der Waals surface area (Å²) in [5.74, 6) is 0.638. The van der Waals surface area contributed by atoms with Crippen LogP contribution in [0.4, 0.5) is 5.69 Å². The van der Waals surface area contributed by atoms with Gasteiger partial charge in [0, 0.05) is 24.7 Å². The van der Waals surface area contributed by atoms with Gasteiger partial charge in [-0.1, -0.05) is 38.5 Å². The van der Waals surface area contributed by atoms with E-state index in [0.29, 0.717) is 18.9 Å². The molecule has 1 aliphatic rings. The molecule has 3 nitrogen and oxygen atoms in total. The number of fused-ring (bicyclic) bond motifs is 1. The zero-order valence-electron chi connectivity index (χ0n) is 11.2. The maximum atomic E-state index is 12.1. The first kappa shape index (κ1) is 13.1. The van der Waals surface area contributed by atoms with Crippen molar-refractivity contribution in [2.24, 2.45) is 11.7 Å². The lowest BCUT2D eigenvalue weighted by atomic mass is 9.96. The van der Waals surface area contributed by atoms with Gasteiger partial charge in [-0.05, 0) is 24.0 Å². The van der Waals surface area contributed by atoms with Crippen molar-refractivity contribution in [1.29, 1.82) is 0 Å². The molecule has 0 saturated heterocycles. The van der Waals surface area contributed by atoms with Crippen LogP contribution in [0.3, 0.4) is 0 Å². The molecule has 1 aromatic rings. The molecule has 18 heavy (non-hydrogen) atoms. The molecular formula is C15H22N2O. The minimum absolute atomic E-state index is 0.0464. The number of carbonyl (C=O) groups excluding carboxylic acids is 1. The fraction of sp³-hybridized carbons (Fsp3) is 0.533. The summed E-state index contributed by atoms with van der Waals surface area (Å²) in [4.78, 5) is 13.9. The molecule has 1 amide bonds. The molecule has 98 valence electrons. The van der Waals surface area contributed by atoms with Crippen molar-refractivity contribution >= 4 is 11.6 Å². The van der Waals surface area contributed by atoms with E-state index in [9.17, 15) is 4.79 Å². The number of hydrogen-bond acceptors (Lipinski definition) is 2. The molecule has 2 rings (SSSR count). The molecule has 2 N–H and O–H groups in total. The van der Waals surface area contributed by atoms with Gasteiger partial charge in [-0.25, -0.2) is 0 Å². The van der Waals surface area contributed by atoms with E-state index in [4.69, 9.17) is 5.73 Å². The van der Waals surface area contributed by atoms with Gasteiger partial charge in [0.2, 0.25) is 5.91 Å². The maximum absolute atomic E-state index is 12.1. The molecule has 1 aromatic carbocycles. The van der Waals surface area contributed by atoms with Gasteiger partial charge in [-0.2, -0.15) is 0 Å². The SMILES string of the molecule is CCC(C)C(N)CN1C(=O)CCc2ccccc21. The molecule has 0 bridgehead atoms. The molecular weight excluding hydrogens is 224 g/mol. The number of amides is 1. The van der Waals surface area contributed by atoms with E-state index in [1.807, 2.05) is 23.1 Å². The van der Waals surface area contributed by atoms with E-state index in [0.717, 1.165) is 18.5 Å². The van der Waals surface area contributed by atoms with Gasteiger partial charge in [0.25, 0.3) is 0 Å². The van der Waals surface area contributed by atoms with Crippen molar-refractivity contribution in [3.05, 3.63) is 29.8 Å². The van der Waals surface area contributed by atoms with Gasteiger partial charge in [-0.3, -0.25) is 4.79 Å². The fourth-order valence-electron chi connectivity index (χ4n) is 2.39. The van der Waals surface area contributed by atoms with Crippen LogP contribution in [-0.4, -0.2) is 18.5 Å². The number of carbonyl (C=O) groups is 1. The van der Waals surface area contributed by atoms with E-state index < -0.39 is 0 Å². The van der Waals surface area contributed by atoms with Crippen LogP contribution in [-0.2, 0) is 11.2 Å². The Hall–Kier alpha value is -1.35. The van der Waals surface area contributed by atoms with E-state index in [1.165, 1.54) is 5.56 Å². The number of rotatable bonds is 4. The van der Waals surface area contributed by atoms with Crippen molar-refractivity contribution in [3.63, 3.8) is 0 Å². The third-order valence-electron chi connectivity index (χ3n) is 3.96. The first-order chi connectivity index (χ1) is 8.63. The molecule has 2 atom stereocenters. The highest BCUT2D eigenvalue weighted by atomic mass is 16.2. The van der Waals surface area contributed by atoms with Gasteiger partial charge in [-0.15, -0.1) is 0 Å². The van der Waals surface area contributed by atoms with Gasteiger partial charge in [0.1, 0.15) is 0 Å². The van der Waals surface area contributed by atoms with Crippen LogP contribution in [0, 0.1) is 5.92 Å². The molecule has 1 heterocycles. The second-order valence-corrected chi connectivity index (χ2v) is 5.18. The standard InChI is InChI=1S/C15H22N2O/c1-3-11(2)13(16)10-17-14-7-5-4-6-12(14)8-9-15(17)18/h4-7,11,13H,3,8-10,16H2,1-2H3. The minimum Gasteiger partial charge on any atom is -0.326 e. The Balaban J connectivity index is 2.19. The summed E-state index contributed by atoms with van der Waals surface area (Å²) >= 11 is 0. The van der Waals surface area contributed by atoms with Gasteiger partial charge >= 0.3 is 0 Å². The number of aryl methyl sites for hydroxylation is 1. The number of hydrogen-bond donors (Lipinski definition) is 1. The number of anilines is 1. The second kappa shape index (κ2) is 5.53. The third-order valence-corrected chi connectivity index (χ3v) is 3.96. The summed E-state index contributed by atoms with van der Waals surface area (Å²) in [6, 6.07) is 8.19. The van der Waals surface area contributed by atoms with Crippen LogP contribution in [0.1, 0.15) is 32.3 Å². The van der Waals surface area contributed by atoms with E-state index in [2.05, 4.69) is 19.9 Å². The monoisotopic (exact) mass is 246 g/mol. The van der Waals surface area contributed by atoms with Gasteiger partial charge in [0.05, 0.1) is 0 Å². The van der Waals surface area contributed by atoms with Gasteiger partial charge < -0.3 is 10.6 Å². The molecule has 0 fully saturated rings. The average molecular weight is 246 g/mol. The second-order valence-electron chi connectivity index (χ2n) is 5.18. The fourth-order valence-corrected chi connectivity index (χ4v) is 2.39. The first-order valence-corrected chi connectivity index (χ1v) is 6.77. The average Bonchev–Trinajstić information content (AvgIpc) is 2.41. The Morgan fingerprint density at radius 2 is 2.06 bits per heavy atom. The van der Waals surface area contributed by atoms with E-state index >= 15 is 0 Å². The van der Waals surface area contributed by atoms with E-state index in [-0.39, 0.29) is 11.9 Å². The Labute approximate surface area is 109 Å². The molecule has 0 saturated carbocycles. The highest BCUT2D eigenvalue weighted by molar-refractivity contribution is 5.96. The van der Waals surface area contributed by atoms with Crippen molar-refractivity contribution in [2.45, 2.75) is 39.2 Å². The molecule has 1 aliphatic heterocycles. The zero-order chi connectivity index (χ0) is 13.1. The number of nitrogens with two attached hydrogens (primary N) is 1. The van der Waals surface area contributed by atoms with Crippen molar-refractivity contribution in [1.82, 2.24) is 0 Å². The summed E-state index contributed by atoms with van der Waals surface area (Å²) in [6.45, 7) is 4.91. The number of para-hydroxylation sites is 1. The highest BCUT2D eigenvalue weighted by Crippen LogP contribution is 2.28. The topological polar surface area (TPSA) is 46.3 Å². The first-order valence-electron chi connectivity index (χ1n) is 6.77. The quantitative estimate of drug-likeness (QED) is 0.886. The van der Waals surface area contributed by atoms with Crippen LogP contribution < -0.4 is 10.6 Å². The molecule has 2 unspecified atom stereocenters. The molecule has 0 aromatic heterocycles. The summed E-state index contributed by atoms with van der Waals surface area (Å²) in [6.07, 6.45) is 2.50. The summed E-state index contributed by atoms with van der Waals surface area (Å²) < 4.78 is 0. The minimum atomic E-state index is 0.0464. The lowest BCUT2D eigenvalue weighted by molar-refractivity contribution is -0.119. The zero-order valence-corrected chi connectivity index (χ0v) is 11.2. The molecule has 0 radical (unpaired) electrons. The summed E-state index contributed by atoms with van der Waals surface area (Å²) in [7, 11) is 0. The number of benzene rings is 1. The Morgan fingerprint density at radius 1 is 1.33 bits per heavy atom. The third kappa shape index (κ3) is 2.56. The Bertz CT molecular complexity index is 430. The smallest absolute Gasteiger partial charge is 0.227 e. The van der Waals surface area contributed by atoms with Crippen LogP contribution in [0.25, 0.3) is 0 Å². The normalized spacial score (nSPS) is 18.4. The van der Waals surface area contributed by atoms with Gasteiger partial charge in [0.15, 0.2) is 0 Å². The predicted octanol–water partition coefficient (Wildman–Crippen LogP) is 2.34. The largest absolute Gasteiger partial charge is 0.326 e. The van der Waals surface area contributed by atoms with Crippen LogP contribution in [0.15, 0.2) is 24.3 Å². The highest BCUT2D eigenvalue weighted by Gasteiger charge is 2.26. The van der Waals surface area contributed by atoms with E-state index in [1.54, 1.807) is 0 Å².